The van der Waals surface area contributed by atoms with Crippen LogP contribution in [0.1, 0.15) is 23.4 Å². The molecule has 5 heteroatoms. The minimum Gasteiger partial charge on any atom is -0.437 e. The molecule has 0 radical (unpaired) electrons. The minimum atomic E-state index is -0.424. The van der Waals surface area contributed by atoms with Gasteiger partial charge in [-0.25, -0.2) is 14.8 Å². The normalized spacial score (nSPS) is 22.3. The van der Waals surface area contributed by atoms with E-state index >= 15 is 0 Å². The van der Waals surface area contributed by atoms with E-state index in [0.29, 0.717) is 5.69 Å². The summed E-state index contributed by atoms with van der Waals surface area (Å²) >= 11 is 0. The molecule has 1 aliphatic heterocycles. The molecule has 0 saturated carbocycles. The van der Waals surface area contributed by atoms with E-state index in [1.54, 1.807) is 12.3 Å². The maximum Gasteiger partial charge on any atom is 0.408 e. The Morgan fingerprint density at radius 2 is 2.00 bits per heavy atom. The molecule has 2 aromatic rings. The number of nitrogens with zero attached hydrogens (tertiary/aromatic N) is 2. The average molecular weight is 241 g/mol. The van der Waals surface area contributed by atoms with Crippen LogP contribution in [0.25, 0.3) is 0 Å². The second-order valence-electron chi connectivity index (χ2n) is 3.99. The molecule has 1 aromatic carbocycles. The standard InChI is InChI=1S/C13H11N3O2/c17-13-16-11(9-4-2-1-3-5-9)12(18-13)10-6-7-14-8-15-10/h1-8,11-12H,(H,16,17)/t11-,12-/m1/s1. The predicted octanol–water partition coefficient (Wildman–Crippen LogP) is 2.00. The van der Waals surface area contributed by atoms with Crippen LogP contribution in [-0.2, 0) is 4.74 Å². The summed E-state index contributed by atoms with van der Waals surface area (Å²) in [7, 11) is 0. The van der Waals surface area contributed by atoms with E-state index in [-0.39, 0.29) is 6.04 Å². The zero-order chi connectivity index (χ0) is 12.4. The molecule has 1 amide bonds. The number of nitrogens with one attached hydrogen (secondary N) is 1. The van der Waals surface area contributed by atoms with Gasteiger partial charge in [0.05, 0.1) is 5.69 Å². The number of hydrogen-bond acceptors (Lipinski definition) is 4. The van der Waals surface area contributed by atoms with Crippen molar-refractivity contribution < 1.29 is 9.53 Å². The summed E-state index contributed by atoms with van der Waals surface area (Å²) in [6.07, 6.45) is 2.25. The Labute approximate surface area is 104 Å². The molecular weight excluding hydrogens is 230 g/mol. The van der Waals surface area contributed by atoms with Crippen LogP contribution in [0.2, 0.25) is 0 Å². The minimum absolute atomic E-state index is 0.214. The number of hydrogen-bond donors (Lipinski definition) is 1. The van der Waals surface area contributed by atoms with Crippen molar-refractivity contribution in [3.63, 3.8) is 0 Å². The molecule has 0 aliphatic carbocycles. The number of amides is 1. The first kappa shape index (κ1) is 10.7. The molecule has 2 heterocycles. The van der Waals surface area contributed by atoms with Crippen LogP contribution in [-0.4, -0.2) is 16.1 Å². The largest absolute Gasteiger partial charge is 0.437 e. The lowest BCUT2D eigenvalue weighted by Gasteiger charge is -2.16. The quantitative estimate of drug-likeness (QED) is 0.873. The summed E-state index contributed by atoms with van der Waals surface area (Å²) in [6, 6.07) is 11.2. The van der Waals surface area contributed by atoms with Crippen molar-refractivity contribution in [2.75, 3.05) is 0 Å². The van der Waals surface area contributed by atoms with E-state index in [0.717, 1.165) is 5.56 Å². The Balaban J connectivity index is 1.96. The first-order valence-electron chi connectivity index (χ1n) is 5.62. The summed E-state index contributed by atoms with van der Waals surface area (Å²) in [4.78, 5) is 19.4. The second kappa shape index (κ2) is 4.44. The molecule has 18 heavy (non-hydrogen) atoms. The lowest BCUT2D eigenvalue weighted by atomic mass is 10.00. The molecule has 5 nitrogen and oxygen atoms in total. The maximum absolute atomic E-state index is 11.4. The topological polar surface area (TPSA) is 64.1 Å². The molecule has 1 aliphatic rings. The molecule has 2 atom stereocenters. The van der Waals surface area contributed by atoms with Crippen LogP contribution in [0.4, 0.5) is 4.79 Å². The molecule has 0 unspecified atom stereocenters. The Kier molecular flexibility index (Phi) is 2.64. The number of carbonyl (C=O) groups is 1. The van der Waals surface area contributed by atoms with Gasteiger partial charge >= 0.3 is 6.09 Å². The van der Waals surface area contributed by atoms with Crippen molar-refractivity contribution in [3.8, 4) is 0 Å². The van der Waals surface area contributed by atoms with Crippen LogP contribution < -0.4 is 5.32 Å². The van der Waals surface area contributed by atoms with Crippen molar-refractivity contribution in [1.29, 1.82) is 0 Å². The van der Waals surface area contributed by atoms with Crippen LogP contribution >= 0.6 is 0 Å². The number of benzene rings is 1. The molecule has 1 fully saturated rings. The fraction of sp³-hybridized carbons (Fsp3) is 0.154. The van der Waals surface area contributed by atoms with Crippen LogP contribution in [0.15, 0.2) is 48.9 Å². The van der Waals surface area contributed by atoms with Crippen LogP contribution in [0, 0.1) is 0 Å². The number of cyclic esters (lactones) is 1. The van der Waals surface area contributed by atoms with Gasteiger partial charge in [-0.15, -0.1) is 0 Å². The van der Waals surface area contributed by atoms with Gasteiger partial charge < -0.3 is 10.1 Å². The molecule has 90 valence electrons. The van der Waals surface area contributed by atoms with Crippen molar-refractivity contribution in [3.05, 3.63) is 60.2 Å². The van der Waals surface area contributed by atoms with Gasteiger partial charge in [-0.3, -0.25) is 0 Å². The predicted molar refractivity (Wildman–Crippen MR) is 63.6 cm³/mol. The third-order valence-corrected chi connectivity index (χ3v) is 2.87. The Hall–Kier alpha value is -2.43. The maximum atomic E-state index is 11.4. The van der Waals surface area contributed by atoms with Crippen LogP contribution in [0.3, 0.4) is 0 Å². The molecule has 0 spiro atoms. The SMILES string of the molecule is O=C1N[C@H](c2ccccc2)[C@@H](c2ccncn2)O1. The van der Waals surface area contributed by atoms with Crippen molar-refractivity contribution in [2.24, 2.45) is 0 Å². The highest BCUT2D eigenvalue weighted by Crippen LogP contribution is 2.35. The number of rotatable bonds is 2. The second-order valence-corrected chi connectivity index (χ2v) is 3.99. The zero-order valence-corrected chi connectivity index (χ0v) is 9.48. The first-order chi connectivity index (χ1) is 8.84. The van der Waals surface area contributed by atoms with E-state index in [4.69, 9.17) is 4.74 Å². The Morgan fingerprint density at radius 1 is 1.17 bits per heavy atom. The molecule has 1 saturated heterocycles. The van der Waals surface area contributed by atoms with Gasteiger partial charge in [0.25, 0.3) is 0 Å². The van der Waals surface area contributed by atoms with E-state index in [9.17, 15) is 4.79 Å². The van der Waals surface area contributed by atoms with Crippen molar-refractivity contribution in [2.45, 2.75) is 12.1 Å². The first-order valence-corrected chi connectivity index (χ1v) is 5.62. The van der Waals surface area contributed by atoms with E-state index < -0.39 is 12.2 Å². The fourth-order valence-electron chi connectivity index (χ4n) is 2.04. The number of ether oxygens (including phenoxy) is 1. The average Bonchev–Trinajstić information content (AvgIpc) is 2.83. The van der Waals surface area contributed by atoms with Crippen molar-refractivity contribution >= 4 is 6.09 Å². The third kappa shape index (κ3) is 1.90. The monoisotopic (exact) mass is 241 g/mol. The van der Waals surface area contributed by atoms with Gasteiger partial charge in [0.2, 0.25) is 0 Å². The summed E-state index contributed by atoms with van der Waals surface area (Å²) in [5.41, 5.74) is 1.68. The number of alkyl carbamates (subject to hydrolysis) is 1. The molecule has 0 bridgehead atoms. The number of aromatic nitrogens is 2. The van der Waals surface area contributed by atoms with Gasteiger partial charge in [0, 0.05) is 6.20 Å². The Morgan fingerprint density at radius 3 is 2.72 bits per heavy atom. The third-order valence-electron chi connectivity index (χ3n) is 2.87. The summed E-state index contributed by atoms with van der Waals surface area (Å²) in [6.45, 7) is 0. The van der Waals surface area contributed by atoms with Crippen molar-refractivity contribution in [1.82, 2.24) is 15.3 Å². The Bertz CT molecular complexity index is 495. The molecule has 3 rings (SSSR count). The van der Waals surface area contributed by atoms with Gasteiger partial charge in [-0.1, -0.05) is 30.3 Å². The highest BCUT2D eigenvalue weighted by molar-refractivity contribution is 5.71. The van der Waals surface area contributed by atoms with E-state index in [1.807, 2.05) is 30.3 Å². The molecule has 1 aromatic heterocycles. The lowest BCUT2D eigenvalue weighted by Crippen LogP contribution is -2.19. The lowest BCUT2D eigenvalue weighted by molar-refractivity contribution is 0.129. The molecular formula is C13H11N3O2. The highest BCUT2D eigenvalue weighted by atomic mass is 16.6. The summed E-state index contributed by atoms with van der Waals surface area (Å²) in [5.74, 6) is 0. The smallest absolute Gasteiger partial charge is 0.408 e. The van der Waals surface area contributed by atoms with E-state index in [1.165, 1.54) is 6.33 Å². The zero-order valence-electron chi connectivity index (χ0n) is 9.48. The fourth-order valence-corrected chi connectivity index (χ4v) is 2.04. The highest BCUT2D eigenvalue weighted by Gasteiger charge is 2.37. The van der Waals surface area contributed by atoms with E-state index in [2.05, 4.69) is 15.3 Å². The van der Waals surface area contributed by atoms with Crippen LogP contribution in [0.5, 0.6) is 0 Å². The summed E-state index contributed by atoms with van der Waals surface area (Å²) in [5, 5.41) is 2.80. The molecule has 1 N–H and O–H groups in total. The number of carbonyl (C=O) groups excluding carboxylic acids is 1. The van der Waals surface area contributed by atoms with Gasteiger partial charge in [0.15, 0.2) is 6.10 Å². The van der Waals surface area contributed by atoms with Gasteiger partial charge in [-0.2, -0.15) is 0 Å². The summed E-state index contributed by atoms with van der Waals surface area (Å²) < 4.78 is 5.27. The van der Waals surface area contributed by atoms with Gasteiger partial charge in [0.1, 0.15) is 12.4 Å². The van der Waals surface area contributed by atoms with Gasteiger partial charge in [-0.05, 0) is 11.6 Å².